The molecule has 5 rings (SSSR count). The molecular weight excluding hydrogens is 306 g/mol. The second-order valence-corrected chi connectivity index (χ2v) is 6.62. The summed E-state index contributed by atoms with van der Waals surface area (Å²) in [6.45, 7) is 0. The maximum absolute atomic E-state index is 12.8. The molecule has 0 aromatic carbocycles. The summed E-state index contributed by atoms with van der Waals surface area (Å²) in [7, 11) is 1.84. The molecule has 3 aromatic heterocycles. The summed E-state index contributed by atoms with van der Waals surface area (Å²) in [5.74, 6) is 1.93. The monoisotopic (exact) mass is 323 g/mol. The number of carbonyl (C=O) groups excluding carboxylic acids is 1. The molecule has 8 heteroatoms. The molecule has 2 aliphatic rings. The van der Waals surface area contributed by atoms with Crippen molar-refractivity contribution >= 4 is 17.5 Å². The second kappa shape index (κ2) is 4.86. The van der Waals surface area contributed by atoms with E-state index < -0.39 is 0 Å². The molecule has 0 atom stereocenters. The van der Waals surface area contributed by atoms with Gasteiger partial charge in [0, 0.05) is 30.6 Å². The Labute approximate surface area is 137 Å². The lowest BCUT2D eigenvalue weighted by atomic mass is 10.2. The number of nitrogens with zero attached hydrogens (tertiary/aromatic N) is 6. The minimum absolute atomic E-state index is 0.222. The van der Waals surface area contributed by atoms with E-state index in [2.05, 4.69) is 25.5 Å². The molecule has 0 unspecified atom stereocenters. The summed E-state index contributed by atoms with van der Waals surface area (Å²) in [4.78, 5) is 21.4. The third kappa shape index (κ3) is 2.26. The third-order valence-corrected chi connectivity index (χ3v) is 4.64. The van der Waals surface area contributed by atoms with Crippen LogP contribution in [-0.4, -0.2) is 35.3 Å². The maximum atomic E-state index is 12.8. The van der Waals surface area contributed by atoms with Gasteiger partial charge in [0.25, 0.3) is 11.7 Å². The molecule has 8 nitrogen and oxygen atoms in total. The minimum atomic E-state index is -0.222. The van der Waals surface area contributed by atoms with Crippen LogP contribution in [0.25, 0.3) is 5.78 Å². The van der Waals surface area contributed by atoms with Gasteiger partial charge >= 0.3 is 0 Å². The molecule has 2 saturated carbocycles. The van der Waals surface area contributed by atoms with Gasteiger partial charge in [0.2, 0.25) is 0 Å². The zero-order valence-corrected chi connectivity index (χ0v) is 13.3. The first-order chi connectivity index (χ1) is 11.7. The lowest BCUT2D eigenvalue weighted by molar-refractivity contribution is 0.101. The van der Waals surface area contributed by atoms with Crippen LogP contribution in [0, 0.1) is 0 Å². The molecule has 122 valence electrons. The van der Waals surface area contributed by atoms with Crippen molar-refractivity contribution in [2.75, 3.05) is 5.32 Å². The highest BCUT2D eigenvalue weighted by Crippen LogP contribution is 2.40. The average molecular weight is 323 g/mol. The van der Waals surface area contributed by atoms with Crippen molar-refractivity contribution in [3.05, 3.63) is 35.5 Å². The summed E-state index contributed by atoms with van der Waals surface area (Å²) >= 11 is 0. The van der Waals surface area contributed by atoms with Gasteiger partial charge in [0.05, 0.1) is 5.69 Å². The Morgan fingerprint density at radius 3 is 2.67 bits per heavy atom. The number of aromatic nitrogens is 6. The van der Waals surface area contributed by atoms with Crippen molar-refractivity contribution < 1.29 is 4.79 Å². The van der Waals surface area contributed by atoms with Crippen molar-refractivity contribution in [2.45, 2.75) is 37.5 Å². The zero-order valence-electron chi connectivity index (χ0n) is 13.3. The molecule has 3 heterocycles. The molecule has 0 radical (unpaired) electrons. The maximum Gasteiger partial charge on any atom is 0.275 e. The molecule has 1 amide bonds. The lowest BCUT2D eigenvalue weighted by Crippen LogP contribution is -2.19. The van der Waals surface area contributed by atoms with Crippen LogP contribution in [0.1, 0.15) is 59.4 Å². The van der Waals surface area contributed by atoms with Gasteiger partial charge in [-0.2, -0.15) is 19.7 Å². The topological polar surface area (TPSA) is 90.0 Å². The van der Waals surface area contributed by atoms with E-state index in [0.717, 1.165) is 24.2 Å². The molecule has 0 spiro atoms. The number of amides is 1. The van der Waals surface area contributed by atoms with Gasteiger partial charge in [-0.3, -0.25) is 9.48 Å². The number of aryl methyl sites for hydroxylation is 1. The smallest absolute Gasteiger partial charge is 0.275 e. The number of hydrogen-bond donors (Lipinski definition) is 1. The Kier molecular flexibility index (Phi) is 2.76. The molecular formula is C16H17N7O. The van der Waals surface area contributed by atoms with Crippen LogP contribution in [0.3, 0.4) is 0 Å². The van der Waals surface area contributed by atoms with Crippen molar-refractivity contribution in [2.24, 2.45) is 7.05 Å². The number of nitrogens with one attached hydrogen (secondary N) is 1. The van der Waals surface area contributed by atoms with Crippen LogP contribution in [-0.2, 0) is 7.05 Å². The van der Waals surface area contributed by atoms with E-state index in [0.29, 0.717) is 29.1 Å². The predicted octanol–water partition coefficient (Wildman–Crippen LogP) is 1.86. The van der Waals surface area contributed by atoms with Gasteiger partial charge in [0.1, 0.15) is 17.8 Å². The first-order valence-corrected chi connectivity index (χ1v) is 8.25. The van der Waals surface area contributed by atoms with Gasteiger partial charge in [-0.05, 0) is 31.7 Å². The standard InChI is InChI=1S/C16H17N7O/c1-22-14(7-12(21-22)10-4-5-10)20-15(24)13-6-11(9-2-3-9)19-16-17-8-18-23(13)16/h6-10H,2-5H2,1H3,(H,20,24). The van der Waals surface area contributed by atoms with Crippen LogP contribution < -0.4 is 5.32 Å². The summed E-state index contributed by atoms with van der Waals surface area (Å²) in [5.41, 5.74) is 2.42. The van der Waals surface area contributed by atoms with Crippen LogP contribution in [0.2, 0.25) is 0 Å². The molecule has 0 bridgehead atoms. The first-order valence-electron chi connectivity index (χ1n) is 8.25. The number of hydrogen-bond acceptors (Lipinski definition) is 5. The van der Waals surface area contributed by atoms with E-state index in [1.54, 1.807) is 4.68 Å². The summed E-state index contributed by atoms with van der Waals surface area (Å²) in [6, 6.07) is 3.78. The highest BCUT2D eigenvalue weighted by atomic mass is 16.2. The van der Waals surface area contributed by atoms with E-state index in [-0.39, 0.29) is 5.91 Å². The molecule has 1 N–H and O–H groups in total. The molecule has 0 saturated heterocycles. The van der Waals surface area contributed by atoms with Crippen LogP contribution in [0.5, 0.6) is 0 Å². The largest absolute Gasteiger partial charge is 0.305 e. The highest BCUT2D eigenvalue weighted by Gasteiger charge is 2.29. The molecule has 2 fully saturated rings. The number of anilines is 1. The third-order valence-electron chi connectivity index (χ3n) is 4.64. The van der Waals surface area contributed by atoms with E-state index >= 15 is 0 Å². The molecule has 3 aromatic rings. The zero-order chi connectivity index (χ0) is 16.3. The van der Waals surface area contributed by atoms with Gasteiger partial charge in [-0.25, -0.2) is 4.98 Å². The van der Waals surface area contributed by atoms with Crippen LogP contribution in [0.4, 0.5) is 5.82 Å². The van der Waals surface area contributed by atoms with Crippen molar-refractivity contribution in [1.29, 1.82) is 0 Å². The normalized spacial score (nSPS) is 17.4. The fraction of sp³-hybridized carbons (Fsp3) is 0.438. The van der Waals surface area contributed by atoms with E-state index in [1.807, 2.05) is 19.2 Å². The van der Waals surface area contributed by atoms with Crippen molar-refractivity contribution in [1.82, 2.24) is 29.4 Å². The number of carbonyl (C=O) groups is 1. The Morgan fingerprint density at radius 2 is 1.92 bits per heavy atom. The summed E-state index contributed by atoms with van der Waals surface area (Å²) in [5, 5.41) is 11.6. The quantitative estimate of drug-likeness (QED) is 0.791. The number of rotatable bonds is 4. The van der Waals surface area contributed by atoms with Crippen LogP contribution >= 0.6 is 0 Å². The van der Waals surface area contributed by atoms with Gasteiger partial charge < -0.3 is 5.32 Å². The fourth-order valence-corrected chi connectivity index (χ4v) is 2.95. The molecule has 24 heavy (non-hydrogen) atoms. The lowest BCUT2D eigenvalue weighted by Gasteiger charge is -2.08. The van der Waals surface area contributed by atoms with E-state index in [4.69, 9.17) is 0 Å². The van der Waals surface area contributed by atoms with Gasteiger partial charge in [-0.15, -0.1) is 0 Å². The Balaban J connectivity index is 1.50. The summed E-state index contributed by atoms with van der Waals surface area (Å²) in [6.07, 6.45) is 6.01. The van der Waals surface area contributed by atoms with Gasteiger partial charge in [-0.1, -0.05) is 0 Å². The van der Waals surface area contributed by atoms with E-state index in [1.165, 1.54) is 23.7 Å². The first kappa shape index (κ1) is 13.6. The Morgan fingerprint density at radius 1 is 1.17 bits per heavy atom. The Hall–Kier alpha value is -2.77. The van der Waals surface area contributed by atoms with Crippen molar-refractivity contribution in [3.8, 4) is 0 Å². The molecule has 0 aliphatic heterocycles. The SMILES string of the molecule is Cn1nc(C2CC2)cc1NC(=O)c1cc(C2CC2)nc2ncnn12. The van der Waals surface area contributed by atoms with E-state index in [9.17, 15) is 4.79 Å². The van der Waals surface area contributed by atoms with Crippen molar-refractivity contribution in [3.63, 3.8) is 0 Å². The average Bonchev–Trinajstić information content (AvgIpc) is 3.49. The molecule has 2 aliphatic carbocycles. The second-order valence-electron chi connectivity index (χ2n) is 6.62. The summed E-state index contributed by atoms with van der Waals surface area (Å²) < 4.78 is 3.20. The number of fused-ring (bicyclic) bond motifs is 1. The highest BCUT2D eigenvalue weighted by molar-refractivity contribution is 6.03. The fourth-order valence-electron chi connectivity index (χ4n) is 2.95. The predicted molar refractivity (Wildman–Crippen MR) is 85.9 cm³/mol. The minimum Gasteiger partial charge on any atom is -0.305 e. The Bertz CT molecular complexity index is 949. The van der Waals surface area contributed by atoms with Crippen LogP contribution in [0.15, 0.2) is 18.5 Å². The van der Waals surface area contributed by atoms with Gasteiger partial charge in [0.15, 0.2) is 0 Å².